The molecule has 114 valence electrons. The molecule has 1 aliphatic carbocycles. The molecule has 2 aliphatic rings. The lowest BCUT2D eigenvalue weighted by molar-refractivity contribution is -0.126. The number of carbonyl (C=O) groups excluding carboxylic acids is 1. The van der Waals surface area contributed by atoms with Gasteiger partial charge in [-0.05, 0) is 49.9 Å². The number of carbonyl (C=O) groups is 1. The second-order valence-electron chi connectivity index (χ2n) is 6.09. The van der Waals surface area contributed by atoms with E-state index in [0.717, 1.165) is 50.9 Å². The van der Waals surface area contributed by atoms with Gasteiger partial charge in [-0.25, -0.2) is 0 Å². The maximum atomic E-state index is 12.2. The highest BCUT2D eigenvalue weighted by molar-refractivity contribution is 6.35. The highest BCUT2D eigenvalue weighted by Crippen LogP contribution is 2.26. The largest absolute Gasteiger partial charge is 0.353 e. The van der Waals surface area contributed by atoms with Gasteiger partial charge in [0.15, 0.2) is 0 Å². The minimum absolute atomic E-state index is 0.116. The molecule has 1 unspecified atom stereocenters. The minimum Gasteiger partial charge on any atom is -0.353 e. The predicted octanol–water partition coefficient (Wildman–Crippen LogP) is 3.48. The average molecular weight is 327 g/mol. The number of hydrogen-bond donors (Lipinski definition) is 1. The lowest BCUT2D eigenvalue weighted by Gasteiger charge is -2.32. The van der Waals surface area contributed by atoms with E-state index in [4.69, 9.17) is 23.2 Å². The zero-order valence-corrected chi connectivity index (χ0v) is 13.5. The van der Waals surface area contributed by atoms with Crippen molar-refractivity contribution in [2.75, 3.05) is 13.1 Å². The molecule has 21 heavy (non-hydrogen) atoms. The molecule has 1 N–H and O–H groups in total. The van der Waals surface area contributed by atoms with Crippen molar-refractivity contribution in [2.24, 2.45) is 5.92 Å². The van der Waals surface area contributed by atoms with Crippen LogP contribution in [0, 0.1) is 5.92 Å². The standard InChI is InChI=1S/C16H20Cl2N2O/c17-13-4-3-11(15(18)8-13)9-20-7-1-2-12(10-20)16(21)19-14-5-6-14/h3-4,8,12,14H,1-2,5-7,9-10H2,(H,19,21). The summed E-state index contributed by atoms with van der Waals surface area (Å²) in [7, 11) is 0. The van der Waals surface area contributed by atoms with E-state index in [2.05, 4.69) is 10.2 Å². The van der Waals surface area contributed by atoms with E-state index in [1.165, 1.54) is 0 Å². The first-order chi connectivity index (χ1) is 10.1. The summed E-state index contributed by atoms with van der Waals surface area (Å²) < 4.78 is 0. The third kappa shape index (κ3) is 4.12. The predicted molar refractivity (Wildman–Crippen MR) is 85.6 cm³/mol. The number of nitrogens with one attached hydrogen (secondary N) is 1. The van der Waals surface area contributed by atoms with E-state index in [-0.39, 0.29) is 11.8 Å². The molecule has 1 aromatic rings. The molecule has 0 radical (unpaired) electrons. The van der Waals surface area contributed by atoms with E-state index in [0.29, 0.717) is 16.1 Å². The Balaban J connectivity index is 1.58. The van der Waals surface area contributed by atoms with Crippen molar-refractivity contribution < 1.29 is 4.79 Å². The monoisotopic (exact) mass is 326 g/mol. The summed E-state index contributed by atoms with van der Waals surface area (Å²) in [5, 5.41) is 4.48. The molecule has 1 aliphatic heterocycles. The van der Waals surface area contributed by atoms with Gasteiger partial charge in [-0.15, -0.1) is 0 Å². The van der Waals surface area contributed by atoms with Gasteiger partial charge < -0.3 is 5.32 Å². The minimum atomic E-state index is 0.116. The average Bonchev–Trinajstić information content (AvgIpc) is 3.26. The molecular weight excluding hydrogens is 307 g/mol. The van der Waals surface area contributed by atoms with Crippen molar-refractivity contribution in [1.29, 1.82) is 0 Å². The molecule has 1 atom stereocenters. The third-order valence-electron chi connectivity index (χ3n) is 4.21. The van der Waals surface area contributed by atoms with Gasteiger partial charge in [-0.2, -0.15) is 0 Å². The molecule has 1 heterocycles. The van der Waals surface area contributed by atoms with Crippen LogP contribution in [-0.4, -0.2) is 29.9 Å². The maximum Gasteiger partial charge on any atom is 0.224 e. The number of rotatable bonds is 4. The van der Waals surface area contributed by atoms with Crippen molar-refractivity contribution in [1.82, 2.24) is 10.2 Å². The van der Waals surface area contributed by atoms with Crippen LogP contribution < -0.4 is 5.32 Å². The van der Waals surface area contributed by atoms with Crippen molar-refractivity contribution >= 4 is 29.1 Å². The Bertz CT molecular complexity index is 531. The number of piperidine rings is 1. The summed E-state index contributed by atoms with van der Waals surface area (Å²) in [6.07, 6.45) is 4.34. The number of nitrogens with zero attached hydrogens (tertiary/aromatic N) is 1. The Hall–Kier alpha value is -0.770. The second kappa shape index (κ2) is 6.55. The summed E-state index contributed by atoms with van der Waals surface area (Å²) in [4.78, 5) is 14.5. The van der Waals surface area contributed by atoms with Crippen LogP contribution in [0.5, 0.6) is 0 Å². The van der Waals surface area contributed by atoms with Crippen LogP contribution in [0.3, 0.4) is 0 Å². The van der Waals surface area contributed by atoms with Gasteiger partial charge in [-0.1, -0.05) is 29.3 Å². The Morgan fingerprint density at radius 3 is 2.81 bits per heavy atom. The zero-order valence-electron chi connectivity index (χ0n) is 11.9. The summed E-state index contributed by atoms with van der Waals surface area (Å²) in [6, 6.07) is 6.06. The van der Waals surface area contributed by atoms with Crippen LogP contribution in [0.4, 0.5) is 0 Å². The van der Waals surface area contributed by atoms with E-state index >= 15 is 0 Å². The van der Waals surface area contributed by atoms with Gasteiger partial charge >= 0.3 is 0 Å². The fraction of sp³-hybridized carbons (Fsp3) is 0.562. The van der Waals surface area contributed by atoms with Crippen molar-refractivity contribution in [3.8, 4) is 0 Å². The molecule has 5 heteroatoms. The van der Waals surface area contributed by atoms with Crippen LogP contribution in [0.2, 0.25) is 10.0 Å². The van der Waals surface area contributed by atoms with Gasteiger partial charge in [0, 0.05) is 29.2 Å². The molecule has 0 aromatic heterocycles. The lowest BCUT2D eigenvalue weighted by Crippen LogP contribution is -2.43. The highest BCUT2D eigenvalue weighted by Gasteiger charge is 2.30. The van der Waals surface area contributed by atoms with Crippen LogP contribution in [0.1, 0.15) is 31.2 Å². The number of halogens is 2. The van der Waals surface area contributed by atoms with Gasteiger partial charge in [0.25, 0.3) is 0 Å². The van der Waals surface area contributed by atoms with Crippen molar-refractivity contribution in [3.05, 3.63) is 33.8 Å². The van der Waals surface area contributed by atoms with Crippen LogP contribution in [0.15, 0.2) is 18.2 Å². The first-order valence-electron chi connectivity index (χ1n) is 7.58. The summed E-state index contributed by atoms with van der Waals surface area (Å²) in [5.41, 5.74) is 1.07. The van der Waals surface area contributed by atoms with Gasteiger partial charge in [-0.3, -0.25) is 9.69 Å². The van der Waals surface area contributed by atoms with Crippen molar-refractivity contribution in [3.63, 3.8) is 0 Å². The molecule has 1 saturated carbocycles. The van der Waals surface area contributed by atoms with Crippen molar-refractivity contribution in [2.45, 2.75) is 38.3 Å². The summed E-state index contributed by atoms with van der Waals surface area (Å²) >= 11 is 12.2. The summed E-state index contributed by atoms with van der Waals surface area (Å²) in [6.45, 7) is 2.62. The Labute approximate surface area is 135 Å². The molecule has 1 amide bonds. The normalized spacial score (nSPS) is 23.0. The molecule has 0 spiro atoms. The molecule has 3 nitrogen and oxygen atoms in total. The number of hydrogen-bond acceptors (Lipinski definition) is 2. The topological polar surface area (TPSA) is 32.3 Å². The molecule has 2 fully saturated rings. The Morgan fingerprint density at radius 2 is 2.10 bits per heavy atom. The van der Waals surface area contributed by atoms with Crippen LogP contribution in [-0.2, 0) is 11.3 Å². The second-order valence-corrected chi connectivity index (χ2v) is 6.94. The third-order valence-corrected chi connectivity index (χ3v) is 4.80. The zero-order chi connectivity index (χ0) is 14.8. The maximum absolute atomic E-state index is 12.2. The number of benzene rings is 1. The fourth-order valence-electron chi connectivity index (χ4n) is 2.85. The lowest BCUT2D eigenvalue weighted by atomic mass is 9.96. The van der Waals surface area contributed by atoms with E-state index in [1.807, 2.05) is 12.1 Å². The molecule has 1 aromatic carbocycles. The number of amides is 1. The number of likely N-dealkylation sites (tertiary alicyclic amines) is 1. The van der Waals surface area contributed by atoms with Crippen LogP contribution >= 0.6 is 23.2 Å². The molecular formula is C16H20Cl2N2O. The molecule has 3 rings (SSSR count). The van der Waals surface area contributed by atoms with E-state index < -0.39 is 0 Å². The molecule has 0 bridgehead atoms. The Kier molecular flexibility index (Phi) is 4.72. The summed E-state index contributed by atoms with van der Waals surface area (Å²) in [5.74, 6) is 0.342. The van der Waals surface area contributed by atoms with E-state index in [1.54, 1.807) is 6.07 Å². The molecule has 1 saturated heterocycles. The van der Waals surface area contributed by atoms with Crippen LogP contribution in [0.25, 0.3) is 0 Å². The van der Waals surface area contributed by atoms with Gasteiger partial charge in [0.2, 0.25) is 5.91 Å². The first-order valence-corrected chi connectivity index (χ1v) is 8.34. The first kappa shape index (κ1) is 15.1. The highest BCUT2D eigenvalue weighted by atomic mass is 35.5. The van der Waals surface area contributed by atoms with Gasteiger partial charge in [0.05, 0.1) is 5.92 Å². The van der Waals surface area contributed by atoms with E-state index in [9.17, 15) is 4.79 Å². The SMILES string of the molecule is O=C(NC1CC1)C1CCCN(Cc2ccc(Cl)cc2Cl)C1. The Morgan fingerprint density at radius 1 is 1.29 bits per heavy atom. The smallest absolute Gasteiger partial charge is 0.224 e. The quantitative estimate of drug-likeness (QED) is 0.918. The fourth-order valence-corrected chi connectivity index (χ4v) is 3.32. The van der Waals surface area contributed by atoms with Gasteiger partial charge in [0.1, 0.15) is 0 Å².